The molecule has 0 amide bonds. The highest BCUT2D eigenvalue weighted by Gasteiger charge is 2.13. The van der Waals surface area contributed by atoms with Gasteiger partial charge in [-0.05, 0) is 37.3 Å². The first-order chi connectivity index (χ1) is 11.5. The standard InChI is InChI=1S/C20H18O3S/c1-3-4-7-18-8-5-9-19(16-18)10-6-15-23-24(21,22)20-13-11-17(2)12-14-20/h5,8-9,11-14,16H,3,15H2,1-2H3. The molecule has 0 spiro atoms. The van der Waals surface area contributed by atoms with E-state index in [9.17, 15) is 8.42 Å². The SMILES string of the molecule is CCC#Cc1cccc(C#CCOS(=O)(=O)c2ccc(C)cc2)c1. The molecule has 0 aliphatic heterocycles. The highest BCUT2D eigenvalue weighted by atomic mass is 32.2. The lowest BCUT2D eigenvalue weighted by molar-refractivity contribution is 0.363. The Balaban J connectivity index is 2.02. The first kappa shape index (κ1) is 17.8. The molecular formula is C20H18O3S. The van der Waals surface area contributed by atoms with Crippen molar-refractivity contribution in [3.05, 3.63) is 65.2 Å². The lowest BCUT2D eigenvalue weighted by Crippen LogP contribution is -2.06. The molecule has 0 aliphatic carbocycles. The molecule has 4 heteroatoms. The molecule has 24 heavy (non-hydrogen) atoms. The summed E-state index contributed by atoms with van der Waals surface area (Å²) in [5.41, 5.74) is 2.64. The van der Waals surface area contributed by atoms with E-state index in [2.05, 4.69) is 23.7 Å². The summed E-state index contributed by atoms with van der Waals surface area (Å²) in [5, 5.41) is 0. The molecule has 0 radical (unpaired) electrons. The predicted molar refractivity (Wildman–Crippen MR) is 94.8 cm³/mol. The van der Waals surface area contributed by atoms with E-state index in [1.807, 2.05) is 38.1 Å². The quantitative estimate of drug-likeness (QED) is 0.635. The molecule has 0 fully saturated rings. The van der Waals surface area contributed by atoms with Gasteiger partial charge in [0.25, 0.3) is 10.1 Å². The maximum absolute atomic E-state index is 12.0. The Morgan fingerprint density at radius 1 is 0.958 bits per heavy atom. The van der Waals surface area contributed by atoms with Gasteiger partial charge in [0.2, 0.25) is 0 Å². The minimum Gasteiger partial charge on any atom is -0.253 e. The summed E-state index contributed by atoms with van der Waals surface area (Å²) in [5.74, 6) is 11.6. The van der Waals surface area contributed by atoms with Crippen molar-refractivity contribution in [1.82, 2.24) is 0 Å². The number of benzene rings is 2. The van der Waals surface area contributed by atoms with E-state index in [0.717, 1.165) is 23.1 Å². The Morgan fingerprint density at radius 2 is 1.58 bits per heavy atom. The van der Waals surface area contributed by atoms with Crippen molar-refractivity contribution in [2.75, 3.05) is 6.61 Å². The molecule has 0 saturated carbocycles. The minimum absolute atomic E-state index is 0.131. The van der Waals surface area contributed by atoms with Gasteiger partial charge in [-0.2, -0.15) is 8.42 Å². The fraction of sp³-hybridized carbons (Fsp3) is 0.200. The van der Waals surface area contributed by atoms with Gasteiger partial charge in [0, 0.05) is 17.5 Å². The summed E-state index contributed by atoms with van der Waals surface area (Å²) < 4.78 is 29.0. The topological polar surface area (TPSA) is 43.4 Å². The van der Waals surface area contributed by atoms with Crippen LogP contribution in [0.15, 0.2) is 53.4 Å². The van der Waals surface area contributed by atoms with Gasteiger partial charge < -0.3 is 0 Å². The Labute approximate surface area is 143 Å². The molecule has 2 rings (SSSR count). The van der Waals surface area contributed by atoms with Gasteiger partial charge in [0.15, 0.2) is 0 Å². The summed E-state index contributed by atoms with van der Waals surface area (Å²) in [6.07, 6.45) is 0.792. The first-order valence-electron chi connectivity index (χ1n) is 7.55. The monoisotopic (exact) mass is 338 g/mol. The summed E-state index contributed by atoms with van der Waals surface area (Å²) in [7, 11) is -3.78. The zero-order chi connectivity index (χ0) is 17.4. The van der Waals surface area contributed by atoms with Crippen LogP contribution in [0, 0.1) is 30.6 Å². The fourth-order valence-electron chi connectivity index (χ4n) is 1.88. The van der Waals surface area contributed by atoms with Crippen LogP contribution in [0.25, 0.3) is 0 Å². The molecular weight excluding hydrogens is 320 g/mol. The van der Waals surface area contributed by atoms with Crippen molar-refractivity contribution >= 4 is 10.1 Å². The van der Waals surface area contributed by atoms with Crippen LogP contribution in [0.4, 0.5) is 0 Å². The van der Waals surface area contributed by atoms with E-state index >= 15 is 0 Å². The second-order valence-corrected chi connectivity index (χ2v) is 6.68. The maximum atomic E-state index is 12.0. The lowest BCUT2D eigenvalue weighted by Gasteiger charge is -2.02. The van der Waals surface area contributed by atoms with Gasteiger partial charge in [0.1, 0.15) is 6.61 Å². The molecule has 0 aromatic heterocycles. The Hall–Kier alpha value is -2.53. The number of aryl methyl sites for hydroxylation is 1. The van der Waals surface area contributed by atoms with Crippen molar-refractivity contribution in [1.29, 1.82) is 0 Å². The average molecular weight is 338 g/mol. The van der Waals surface area contributed by atoms with Gasteiger partial charge >= 0.3 is 0 Å². The third-order valence-electron chi connectivity index (χ3n) is 3.10. The smallest absolute Gasteiger partial charge is 0.253 e. The van der Waals surface area contributed by atoms with Gasteiger partial charge in [-0.25, -0.2) is 0 Å². The summed E-state index contributed by atoms with van der Waals surface area (Å²) in [6, 6.07) is 14.0. The van der Waals surface area contributed by atoms with Crippen molar-refractivity contribution in [2.24, 2.45) is 0 Å². The third-order valence-corrected chi connectivity index (χ3v) is 4.38. The largest absolute Gasteiger partial charge is 0.297 e. The van der Waals surface area contributed by atoms with Gasteiger partial charge in [0.05, 0.1) is 4.90 Å². The van der Waals surface area contributed by atoms with Gasteiger partial charge in [-0.15, -0.1) is 0 Å². The van der Waals surface area contributed by atoms with E-state index in [0.29, 0.717) is 0 Å². The molecule has 0 unspecified atom stereocenters. The first-order valence-corrected chi connectivity index (χ1v) is 8.96. The van der Waals surface area contributed by atoms with Crippen LogP contribution in [0.1, 0.15) is 30.0 Å². The van der Waals surface area contributed by atoms with Crippen LogP contribution in [0.3, 0.4) is 0 Å². The lowest BCUT2D eigenvalue weighted by atomic mass is 10.1. The second-order valence-electron chi connectivity index (χ2n) is 5.07. The molecule has 2 aromatic rings. The van der Waals surface area contributed by atoms with E-state index in [-0.39, 0.29) is 11.5 Å². The Kier molecular flexibility index (Phi) is 6.21. The van der Waals surface area contributed by atoms with Crippen LogP contribution >= 0.6 is 0 Å². The molecule has 122 valence electrons. The van der Waals surface area contributed by atoms with Gasteiger partial charge in [-0.3, -0.25) is 4.18 Å². The van der Waals surface area contributed by atoms with Crippen LogP contribution in [-0.4, -0.2) is 15.0 Å². The predicted octanol–water partition coefficient (Wildman–Crippen LogP) is 3.51. The van der Waals surface area contributed by atoms with Crippen molar-refractivity contribution in [3.8, 4) is 23.7 Å². The van der Waals surface area contributed by atoms with Crippen molar-refractivity contribution in [2.45, 2.75) is 25.2 Å². The van der Waals surface area contributed by atoms with Crippen LogP contribution in [0.5, 0.6) is 0 Å². The van der Waals surface area contributed by atoms with Crippen molar-refractivity contribution in [3.63, 3.8) is 0 Å². The van der Waals surface area contributed by atoms with Crippen LogP contribution < -0.4 is 0 Å². The molecule has 0 aliphatic rings. The molecule has 2 aromatic carbocycles. The third kappa shape index (κ3) is 5.28. The summed E-state index contributed by atoms with van der Waals surface area (Å²) in [6.45, 7) is 3.69. The molecule has 0 N–H and O–H groups in total. The molecule has 0 saturated heterocycles. The summed E-state index contributed by atoms with van der Waals surface area (Å²) in [4.78, 5) is 0.131. The maximum Gasteiger partial charge on any atom is 0.297 e. The molecule has 0 atom stereocenters. The van der Waals surface area contributed by atoms with Crippen molar-refractivity contribution < 1.29 is 12.6 Å². The number of hydrogen-bond acceptors (Lipinski definition) is 3. The number of rotatable bonds is 3. The zero-order valence-corrected chi connectivity index (χ0v) is 14.5. The highest BCUT2D eigenvalue weighted by molar-refractivity contribution is 7.86. The van der Waals surface area contributed by atoms with E-state index in [1.54, 1.807) is 12.1 Å². The van der Waals surface area contributed by atoms with E-state index in [1.165, 1.54) is 12.1 Å². The fourth-order valence-corrected chi connectivity index (χ4v) is 2.70. The number of hydrogen-bond donors (Lipinski definition) is 0. The highest BCUT2D eigenvalue weighted by Crippen LogP contribution is 2.12. The second kappa shape index (κ2) is 8.36. The molecule has 0 heterocycles. The van der Waals surface area contributed by atoms with Gasteiger partial charge in [-0.1, -0.05) is 54.4 Å². The van der Waals surface area contributed by atoms with E-state index < -0.39 is 10.1 Å². The van der Waals surface area contributed by atoms with E-state index in [4.69, 9.17) is 4.18 Å². The average Bonchev–Trinajstić information content (AvgIpc) is 2.58. The Morgan fingerprint density at radius 3 is 2.21 bits per heavy atom. The Bertz CT molecular complexity index is 919. The normalized spacial score (nSPS) is 10.2. The molecule has 0 bridgehead atoms. The zero-order valence-electron chi connectivity index (χ0n) is 13.7. The van der Waals surface area contributed by atoms with Crippen LogP contribution in [0.2, 0.25) is 0 Å². The molecule has 3 nitrogen and oxygen atoms in total. The van der Waals surface area contributed by atoms with Crippen LogP contribution in [-0.2, 0) is 14.3 Å². The summed E-state index contributed by atoms with van der Waals surface area (Å²) >= 11 is 0. The minimum atomic E-state index is -3.78.